The molecule has 1 aliphatic rings. The van der Waals surface area contributed by atoms with Crippen LogP contribution in [0.1, 0.15) is 18.4 Å². The van der Waals surface area contributed by atoms with Gasteiger partial charge in [0, 0.05) is 25.6 Å². The summed E-state index contributed by atoms with van der Waals surface area (Å²) in [6.45, 7) is 1.04. The summed E-state index contributed by atoms with van der Waals surface area (Å²) in [5, 5.41) is 2.88. The third-order valence-corrected chi connectivity index (χ3v) is 7.03. The lowest BCUT2D eigenvalue weighted by atomic mass is 10.1. The summed E-state index contributed by atoms with van der Waals surface area (Å²) in [7, 11) is 0.155. The van der Waals surface area contributed by atoms with Crippen molar-refractivity contribution >= 4 is 21.4 Å². The fourth-order valence-electron chi connectivity index (χ4n) is 3.63. The first-order chi connectivity index (χ1) is 14.4. The van der Waals surface area contributed by atoms with Crippen LogP contribution in [0.25, 0.3) is 0 Å². The number of nitrogens with zero attached hydrogens (tertiary/aromatic N) is 1. The quantitative estimate of drug-likeness (QED) is 0.656. The van der Waals surface area contributed by atoms with Crippen LogP contribution in [0.2, 0.25) is 0 Å². The molecule has 0 bridgehead atoms. The molecule has 1 unspecified atom stereocenters. The summed E-state index contributed by atoms with van der Waals surface area (Å²) in [4.78, 5) is 14.6. The number of sulfone groups is 1. The van der Waals surface area contributed by atoms with Crippen molar-refractivity contribution in [2.24, 2.45) is 0 Å². The maximum Gasteiger partial charge on any atom is 0.225 e. The normalized spacial score (nSPS) is 17.6. The molecule has 0 radical (unpaired) electrons. The molecule has 0 aliphatic carbocycles. The lowest BCUT2D eigenvalue weighted by molar-refractivity contribution is -0.116. The van der Waals surface area contributed by atoms with E-state index in [9.17, 15) is 13.2 Å². The highest BCUT2D eigenvalue weighted by atomic mass is 32.2. The first-order valence-corrected chi connectivity index (χ1v) is 11.7. The monoisotopic (exact) mass is 432 g/mol. The average Bonchev–Trinajstić information content (AvgIpc) is 3.11. The van der Waals surface area contributed by atoms with Gasteiger partial charge in [-0.1, -0.05) is 24.3 Å². The van der Waals surface area contributed by atoms with Gasteiger partial charge >= 0.3 is 0 Å². The summed E-state index contributed by atoms with van der Waals surface area (Å²) in [6, 6.07) is 14.8. The largest absolute Gasteiger partial charge is 0.497 e. The molecule has 1 atom stereocenters. The Morgan fingerprint density at radius 3 is 2.47 bits per heavy atom. The SMILES string of the molecule is COc1ccc(CN(CCC(=O)Nc2ccccc2OC)C2CCS(=O)(=O)C2)cc1. The summed E-state index contributed by atoms with van der Waals surface area (Å²) in [5.74, 6) is 1.56. The van der Waals surface area contributed by atoms with Crippen LogP contribution in [0.3, 0.4) is 0 Å². The zero-order valence-corrected chi connectivity index (χ0v) is 18.2. The standard InChI is InChI=1S/C22H28N2O5S/c1-28-19-9-7-17(8-10-19)15-24(18-12-14-30(26,27)16-18)13-11-22(25)23-20-5-3-4-6-21(20)29-2/h3-10,18H,11-16H2,1-2H3,(H,23,25). The minimum absolute atomic E-state index is 0.0869. The van der Waals surface area contributed by atoms with Crippen LogP contribution in [-0.4, -0.2) is 57.5 Å². The van der Waals surface area contributed by atoms with Crippen LogP contribution in [0.5, 0.6) is 11.5 Å². The number of hydrogen-bond donors (Lipinski definition) is 1. The smallest absolute Gasteiger partial charge is 0.225 e. The Kier molecular flexibility index (Phi) is 7.33. The highest BCUT2D eigenvalue weighted by Gasteiger charge is 2.32. The number of para-hydroxylation sites is 2. The maximum atomic E-state index is 12.5. The molecule has 2 aromatic rings. The van der Waals surface area contributed by atoms with Gasteiger partial charge in [-0.25, -0.2) is 8.42 Å². The molecule has 2 aromatic carbocycles. The molecule has 1 heterocycles. The second-order valence-corrected chi connectivity index (χ2v) is 9.60. The third kappa shape index (κ3) is 5.96. The van der Waals surface area contributed by atoms with Crippen molar-refractivity contribution < 1.29 is 22.7 Å². The predicted octanol–water partition coefficient (Wildman–Crippen LogP) is 2.72. The Bertz CT molecular complexity index is 960. The second kappa shape index (κ2) is 9.95. The molecule has 1 aliphatic heterocycles. The van der Waals surface area contributed by atoms with Gasteiger partial charge in [-0.15, -0.1) is 0 Å². The van der Waals surface area contributed by atoms with Gasteiger partial charge in [-0.2, -0.15) is 0 Å². The van der Waals surface area contributed by atoms with Crippen molar-refractivity contribution in [1.29, 1.82) is 0 Å². The fourth-order valence-corrected chi connectivity index (χ4v) is 5.39. The topological polar surface area (TPSA) is 84.9 Å². The highest BCUT2D eigenvalue weighted by molar-refractivity contribution is 7.91. The Hall–Kier alpha value is -2.58. The molecule has 0 saturated carbocycles. The lowest BCUT2D eigenvalue weighted by Gasteiger charge is -2.28. The Balaban J connectivity index is 1.66. The van der Waals surface area contributed by atoms with Gasteiger partial charge in [0.05, 0.1) is 31.4 Å². The molecule has 8 heteroatoms. The summed E-state index contributed by atoms with van der Waals surface area (Å²) < 4.78 is 34.5. The van der Waals surface area contributed by atoms with E-state index in [1.54, 1.807) is 26.4 Å². The Morgan fingerprint density at radius 2 is 1.83 bits per heavy atom. The number of ether oxygens (including phenoxy) is 2. The van der Waals surface area contributed by atoms with E-state index >= 15 is 0 Å². The van der Waals surface area contributed by atoms with Gasteiger partial charge in [0.2, 0.25) is 5.91 Å². The molecule has 7 nitrogen and oxygen atoms in total. The maximum absolute atomic E-state index is 12.5. The molecule has 3 rings (SSSR count). The number of carbonyl (C=O) groups excluding carboxylic acids is 1. The van der Waals surface area contributed by atoms with E-state index in [-0.39, 0.29) is 29.9 Å². The van der Waals surface area contributed by atoms with Gasteiger partial charge in [0.25, 0.3) is 0 Å². The Labute approximate surface area is 177 Å². The minimum atomic E-state index is -3.02. The van der Waals surface area contributed by atoms with E-state index in [2.05, 4.69) is 10.2 Å². The number of hydrogen-bond acceptors (Lipinski definition) is 6. The van der Waals surface area contributed by atoms with E-state index in [1.807, 2.05) is 36.4 Å². The molecular formula is C22H28N2O5S. The minimum Gasteiger partial charge on any atom is -0.497 e. The third-order valence-electron chi connectivity index (χ3n) is 5.28. The van der Waals surface area contributed by atoms with E-state index in [0.29, 0.717) is 30.9 Å². The lowest BCUT2D eigenvalue weighted by Crippen LogP contribution is -2.37. The van der Waals surface area contributed by atoms with Gasteiger partial charge in [0.1, 0.15) is 11.5 Å². The number of amides is 1. The number of anilines is 1. The molecule has 1 amide bonds. The number of methoxy groups -OCH3 is 2. The molecule has 0 spiro atoms. The van der Waals surface area contributed by atoms with Crippen LogP contribution < -0.4 is 14.8 Å². The average molecular weight is 433 g/mol. The highest BCUT2D eigenvalue weighted by Crippen LogP contribution is 2.24. The van der Waals surface area contributed by atoms with Gasteiger partial charge in [0.15, 0.2) is 9.84 Å². The van der Waals surface area contributed by atoms with E-state index in [4.69, 9.17) is 9.47 Å². The zero-order valence-electron chi connectivity index (χ0n) is 17.3. The fraction of sp³-hybridized carbons (Fsp3) is 0.409. The van der Waals surface area contributed by atoms with Crippen molar-refractivity contribution in [2.45, 2.75) is 25.4 Å². The molecule has 162 valence electrons. The number of rotatable bonds is 9. The molecule has 30 heavy (non-hydrogen) atoms. The number of benzene rings is 2. The molecule has 1 N–H and O–H groups in total. The van der Waals surface area contributed by atoms with Crippen LogP contribution in [-0.2, 0) is 21.2 Å². The van der Waals surface area contributed by atoms with Gasteiger partial charge in [-0.05, 0) is 36.2 Å². The van der Waals surface area contributed by atoms with E-state index < -0.39 is 9.84 Å². The van der Waals surface area contributed by atoms with Crippen molar-refractivity contribution in [1.82, 2.24) is 4.90 Å². The molecule has 1 fully saturated rings. The van der Waals surface area contributed by atoms with Crippen LogP contribution in [0.15, 0.2) is 48.5 Å². The van der Waals surface area contributed by atoms with E-state index in [0.717, 1.165) is 11.3 Å². The predicted molar refractivity (Wildman–Crippen MR) is 117 cm³/mol. The van der Waals surface area contributed by atoms with Crippen LogP contribution >= 0.6 is 0 Å². The number of nitrogens with one attached hydrogen (secondary N) is 1. The summed E-state index contributed by atoms with van der Waals surface area (Å²) >= 11 is 0. The number of carbonyl (C=O) groups is 1. The van der Waals surface area contributed by atoms with Crippen molar-refractivity contribution in [2.75, 3.05) is 37.6 Å². The second-order valence-electron chi connectivity index (χ2n) is 7.37. The summed E-state index contributed by atoms with van der Waals surface area (Å²) in [5.41, 5.74) is 1.67. The molecule has 1 saturated heterocycles. The first-order valence-electron chi connectivity index (χ1n) is 9.90. The van der Waals surface area contributed by atoms with Crippen molar-refractivity contribution in [3.05, 3.63) is 54.1 Å². The zero-order chi connectivity index (χ0) is 21.6. The van der Waals surface area contributed by atoms with Gasteiger partial charge in [-0.3, -0.25) is 9.69 Å². The summed E-state index contributed by atoms with van der Waals surface area (Å²) in [6.07, 6.45) is 0.845. The Morgan fingerprint density at radius 1 is 1.10 bits per heavy atom. The molecule has 0 aromatic heterocycles. The van der Waals surface area contributed by atoms with Crippen molar-refractivity contribution in [3.63, 3.8) is 0 Å². The van der Waals surface area contributed by atoms with Crippen LogP contribution in [0, 0.1) is 0 Å². The van der Waals surface area contributed by atoms with Crippen molar-refractivity contribution in [3.8, 4) is 11.5 Å². The van der Waals surface area contributed by atoms with Gasteiger partial charge < -0.3 is 14.8 Å². The van der Waals surface area contributed by atoms with Crippen LogP contribution in [0.4, 0.5) is 5.69 Å². The first kappa shape index (κ1) is 22.1. The van der Waals surface area contributed by atoms with E-state index in [1.165, 1.54) is 0 Å². The molecular weight excluding hydrogens is 404 g/mol.